The van der Waals surface area contributed by atoms with Crippen LogP contribution in [0.25, 0.3) is 0 Å². The summed E-state index contributed by atoms with van der Waals surface area (Å²) in [4.78, 5) is 28.9. The average Bonchev–Trinajstić information content (AvgIpc) is 3.45. The predicted molar refractivity (Wildman–Crippen MR) is 137 cm³/mol. The number of piperazine rings is 1. The number of amides is 2. The number of carbonyl (C=O) groups is 2. The van der Waals surface area contributed by atoms with Crippen LogP contribution in [0.5, 0.6) is 0 Å². The molecule has 0 radical (unpaired) electrons. The van der Waals surface area contributed by atoms with Gasteiger partial charge in [0.1, 0.15) is 17.1 Å². The summed E-state index contributed by atoms with van der Waals surface area (Å²) in [6.45, 7) is 6.51. The molecule has 2 aliphatic rings. The number of nitrogens with one attached hydrogen (secondary N) is 2. The van der Waals surface area contributed by atoms with Crippen LogP contribution in [-0.2, 0) is 29.0 Å². The van der Waals surface area contributed by atoms with Crippen molar-refractivity contribution >= 4 is 34.0 Å². The second-order valence-corrected chi connectivity index (χ2v) is 11.2. The number of aromatic nitrogens is 2. The first-order chi connectivity index (χ1) is 16.9. The number of aryl methyl sites for hydroxylation is 1. The van der Waals surface area contributed by atoms with E-state index in [-0.39, 0.29) is 17.7 Å². The lowest BCUT2D eigenvalue weighted by atomic mass is 9.90. The van der Waals surface area contributed by atoms with E-state index in [0.717, 1.165) is 34.2 Å². The van der Waals surface area contributed by atoms with Crippen LogP contribution >= 0.6 is 11.3 Å². The molecule has 1 aromatic heterocycles. The van der Waals surface area contributed by atoms with Gasteiger partial charge in [0, 0.05) is 12.2 Å². The summed E-state index contributed by atoms with van der Waals surface area (Å²) in [7, 11) is 0. The van der Waals surface area contributed by atoms with E-state index in [1.54, 1.807) is 0 Å². The van der Waals surface area contributed by atoms with Crippen molar-refractivity contribution in [3.05, 3.63) is 70.2 Å². The minimum Gasteiger partial charge on any atom is -0.342 e. The highest BCUT2D eigenvalue weighted by atomic mass is 32.1. The molecule has 3 aromatic rings. The fraction of sp³-hybridized carbons (Fsp3) is 0.407. The van der Waals surface area contributed by atoms with Crippen LogP contribution in [-0.4, -0.2) is 39.0 Å². The summed E-state index contributed by atoms with van der Waals surface area (Å²) < 4.78 is 0. The molecule has 8 heteroatoms. The minimum atomic E-state index is -0.486. The lowest BCUT2D eigenvalue weighted by Gasteiger charge is -2.41. The number of hydrogen-bond donors (Lipinski definition) is 2. The lowest BCUT2D eigenvalue weighted by Crippen LogP contribution is -2.65. The van der Waals surface area contributed by atoms with E-state index in [4.69, 9.17) is 0 Å². The summed E-state index contributed by atoms with van der Waals surface area (Å²) in [5, 5.41) is 16.1. The van der Waals surface area contributed by atoms with Crippen LogP contribution in [0, 0.1) is 18.8 Å². The Balaban J connectivity index is 1.34. The zero-order valence-electron chi connectivity index (χ0n) is 20.3. The Morgan fingerprint density at radius 2 is 1.74 bits per heavy atom. The van der Waals surface area contributed by atoms with Gasteiger partial charge in [-0.25, -0.2) is 0 Å². The van der Waals surface area contributed by atoms with Crippen LogP contribution in [0.1, 0.15) is 42.0 Å². The maximum atomic E-state index is 13.8. The molecule has 1 fully saturated rings. The number of carbonyl (C=O) groups excluding carboxylic acids is 2. The first kappa shape index (κ1) is 23.5. The zero-order chi connectivity index (χ0) is 24.5. The van der Waals surface area contributed by atoms with E-state index in [2.05, 4.69) is 46.8 Å². The molecule has 2 heterocycles. The molecule has 1 aliphatic carbocycles. The van der Waals surface area contributed by atoms with E-state index >= 15 is 0 Å². The van der Waals surface area contributed by atoms with Gasteiger partial charge in [0.25, 0.3) is 0 Å². The van der Waals surface area contributed by atoms with Gasteiger partial charge >= 0.3 is 0 Å². The van der Waals surface area contributed by atoms with Crippen molar-refractivity contribution in [2.24, 2.45) is 11.8 Å². The molecule has 2 amide bonds. The van der Waals surface area contributed by atoms with Gasteiger partial charge in [0.2, 0.25) is 16.9 Å². The van der Waals surface area contributed by atoms with Gasteiger partial charge < -0.3 is 15.5 Å². The Labute approximate surface area is 210 Å². The molecule has 2 aromatic carbocycles. The van der Waals surface area contributed by atoms with Crippen molar-refractivity contribution in [1.82, 2.24) is 20.4 Å². The normalized spacial score (nSPS) is 20.3. The van der Waals surface area contributed by atoms with Crippen molar-refractivity contribution in [3.8, 4) is 0 Å². The van der Waals surface area contributed by atoms with Crippen LogP contribution in [0.15, 0.2) is 48.5 Å². The predicted octanol–water partition coefficient (Wildman–Crippen LogP) is 4.25. The van der Waals surface area contributed by atoms with Gasteiger partial charge in [-0.3, -0.25) is 9.59 Å². The van der Waals surface area contributed by atoms with E-state index in [0.29, 0.717) is 18.9 Å². The first-order valence-corrected chi connectivity index (χ1v) is 13.0. The Morgan fingerprint density at radius 1 is 1.06 bits per heavy atom. The molecule has 2 atom stereocenters. The van der Waals surface area contributed by atoms with Crippen molar-refractivity contribution in [1.29, 1.82) is 0 Å². The number of anilines is 2. The number of benzene rings is 2. The number of fused-ring (bicyclic) bond motifs is 1. The molecule has 0 saturated carbocycles. The molecule has 7 nitrogen and oxygen atoms in total. The second kappa shape index (κ2) is 9.77. The maximum absolute atomic E-state index is 13.8. The van der Waals surface area contributed by atoms with E-state index in [1.165, 1.54) is 22.5 Å². The monoisotopic (exact) mass is 489 g/mol. The van der Waals surface area contributed by atoms with E-state index < -0.39 is 12.1 Å². The quantitative estimate of drug-likeness (QED) is 0.518. The van der Waals surface area contributed by atoms with Crippen molar-refractivity contribution in [2.45, 2.75) is 58.7 Å². The van der Waals surface area contributed by atoms with Gasteiger partial charge in [0.15, 0.2) is 0 Å². The van der Waals surface area contributed by atoms with E-state index in [9.17, 15) is 9.59 Å². The van der Waals surface area contributed by atoms with Gasteiger partial charge in [-0.1, -0.05) is 61.6 Å². The van der Waals surface area contributed by atoms with Crippen molar-refractivity contribution < 1.29 is 9.59 Å². The fourth-order valence-corrected chi connectivity index (χ4v) is 5.77. The second-order valence-electron chi connectivity index (χ2n) is 9.98. The third kappa shape index (κ3) is 5.07. The maximum Gasteiger partial charge on any atom is 0.246 e. The molecule has 1 aliphatic heterocycles. The number of hydrogen-bond acceptors (Lipinski definition) is 6. The Kier molecular flexibility index (Phi) is 6.56. The topological polar surface area (TPSA) is 87.2 Å². The SMILES string of the molecule is Cc1nnc(Nc2ccc(CN3C(=O)[C@@H](C4Cc5ccccc5C4)NC(=O)[C@H]3CC(C)C)cc2)s1. The largest absolute Gasteiger partial charge is 0.342 e. The van der Waals surface area contributed by atoms with Crippen LogP contribution in [0.2, 0.25) is 0 Å². The molecular formula is C27H31N5O2S. The summed E-state index contributed by atoms with van der Waals surface area (Å²) in [5.74, 6) is 0.382. The first-order valence-electron chi connectivity index (χ1n) is 12.2. The molecule has 5 rings (SSSR count). The molecule has 0 spiro atoms. The Hall–Kier alpha value is -3.26. The summed E-state index contributed by atoms with van der Waals surface area (Å²) in [6.07, 6.45) is 2.28. The molecular weight excluding hydrogens is 458 g/mol. The standard InChI is InChI=1S/C27H31N5O2S/c1-16(2)12-23-25(33)29-24(21-13-19-6-4-5-7-20(19)14-21)26(34)32(23)15-18-8-10-22(11-9-18)28-27-31-30-17(3)35-27/h4-11,16,21,23-24H,12-15H2,1-3H3,(H,28,31)(H,29,33)/t23-,24-/m1/s1. The van der Waals surface area contributed by atoms with E-state index in [1.807, 2.05) is 48.2 Å². The summed E-state index contributed by atoms with van der Waals surface area (Å²) in [6, 6.07) is 15.4. The number of nitrogens with zero attached hydrogens (tertiary/aromatic N) is 3. The molecule has 182 valence electrons. The van der Waals surface area contributed by atoms with Crippen LogP contribution in [0.4, 0.5) is 10.8 Å². The Bertz CT molecular complexity index is 1200. The van der Waals surface area contributed by atoms with Gasteiger partial charge in [-0.05, 0) is 66.8 Å². The Morgan fingerprint density at radius 3 is 2.34 bits per heavy atom. The fourth-order valence-electron chi connectivity index (χ4n) is 5.16. The van der Waals surface area contributed by atoms with Crippen LogP contribution < -0.4 is 10.6 Å². The summed E-state index contributed by atoms with van der Waals surface area (Å²) >= 11 is 1.50. The number of rotatable bonds is 7. The molecule has 35 heavy (non-hydrogen) atoms. The van der Waals surface area contributed by atoms with Gasteiger partial charge in [-0.2, -0.15) is 0 Å². The molecule has 0 bridgehead atoms. The van der Waals surface area contributed by atoms with Gasteiger partial charge in [-0.15, -0.1) is 10.2 Å². The summed E-state index contributed by atoms with van der Waals surface area (Å²) in [5.41, 5.74) is 4.47. The molecule has 2 N–H and O–H groups in total. The smallest absolute Gasteiger partial charge is 0.246 e. The lowest BCUT2D eigenvalue weighted by molar-refractivity contribution is -0.152. The third-order valence-corrected chi connectivity index (χ3v) is 7.61. The highest BCUT2D eigenvalue weighted by molar-refractivity contribution is 7.15. The zero-order valence-corrected chi connectivity index (χ0v) is 21.1. The highest BCUT2D eigenvalue weighted by Crippen LogP contribution is 2.32. The average molecular weight is 490 g/mol. The highest BCUT2D eigenvalue weighted by Gasteiger charge is 2.45. The molecule has 0 unspecified atom stereocenters. The van der Waals surface area contributed by atoms with Gasteiger partial charge in [0.05, 0.1) is 0 Å². The van der Waals surface area contributed by atoms with Crippen molar-refractivity contribution in [2.75, 3.05) is 5.32 Å². The van der Waals surface area contributed by atoms with Crippen LogP contribution in [0.3, 0.4) is 0 Å². The minimum absolute atomic E-state index is 0.0274. The molecule has 1 saturated heterocycles. The third-order valence-electron chi connectivity index (χ3n) is 6.86. The van der Waals surface area contributed by atoms with Crippen molar-refractivity contribution in [3.63, 3.8) is 0 Å².